The van der Waals surface area contributed by atoms with Crippen LogP contribution in [-0.4, -0.2) is 191 Å². The van der Waals surface area contributed by atoms with Crippen LogP contribution in [0, 0.1) is 175 Å². The number of hydrogen-bond acceptors (Lipinski definition) is 11. The fourth-order valence-electron chi connectivity index (χ4n) is 13.2. The van der Waals surface area contributed by atoms with E-state index in [0.717, 1.165) is 9.80 Å². The fraction of sp³-hybridized carbons (Fsp3) is 0.512. The standard InChI is InChI=1S/2C27H18F15N7O3.2C16H36N.H3O4P/c2*28-7-10(31)16(37)22(17(38)11(7)32)46-25(50)43-1-4-49(5-2-44-26(51)47-23-18(39)12(33)8(29)13(34)19(23)40)6-3-45-27(52)48-24-20(41)14(35)9(30)15(36)21(24)42;2*1-5-9-13-17(14-10-6-2,15-11-7-3)16-12-8-4;1-5(2,3)4/h2*1-6H2,(H2,43,46,50)(H2,44,47,51)(H2,45,48,52);2*5-16H2,1-4H3;(H3,1,2,3,4)/q;;2*+1;/p-2. The quantitative estimate of drug-likeness (QED) is 0.00557. The molecule has 0 saturated heterocycles. The Morgan fingerprint density at radius 2 is 0.308 bits per heavy atom. The van der Waals surface area contributed by atoms with Crippen LogP contribution in [-0.2, 0) is 4.57 Å². The number of unbranched alkanes of at least 4 members (excludes halogenated alkanes) is 8. The molecule has 0 spiro atoms. The van der Waals surface area contributed by atoms with E-state index in [4.69, 9.17) is 19.2 Å². The lowest BCUT2D eigenvalue weighted by molar-refractivity contribution is -0.929. The van der Waals surface area contributed by atoms with Crippen LogP contribution in [0.3, 0.4) is 0 Å². The molecular formula is C86H109F30N16O10P. The van der Waals surface area contributed by atoms with E-state index in [1.807, 2.05) is 31.9 Å². The summed E-state index contributed by atoms with van der Waals surface area (Å²) < 4.78 is 418. The predicted molar refractivity (Wildman–Crippen MR) is 461 cm³/mol. The second kappa shape index (κ2) is 63.1. The van der Waals surface area contributed by atoms with Gasteiger partial charge in [-0.15, -0.1) is 0 Å². The average molecular weight is 2130 g/mol. The van der Waals surface area contributed by atoms with Crippen molar-refractivity contribution < 1.29 is 189 Å². The van der Waals surface area contributed by atoms with Crippen LogP contribution >= 0.6 is 7.82 Å². The molecule has 57 heteroatoms. The normalized spacial score (nSPS) is 11.3. The lowest BCUT2D eigenvalue weighted by Gasteiger charge is -2.39. The smallest absolute Gasteiger partial charge is 0.319 e. The van der Waals surface area contributed by atoms with Gasteiger partial charge in [0.1, 0.15) is 34.1 Å². The first-order valence-electron chi connectivity index (χ1n) is 44.3. The van der Waals surface area contributed by atoms with E-state index < -0.39 is 331 Å². The molecule has 0 aliphatic rings. The lowest BCUT2D eigenvalue weighted by Crippen LogP contribution is -2.50. The van der Waals surface area contributed by atoms with Gasteiger partial charge in [0.05, 0.1) is 60.2 Å². The first-order valence-corrected chi connectivity index (χ1v) is 45.8. The lowest BCUT2D eigenvalue weighted by atomic mass is 10.1. The molecule has 0 aliphatic heterocycles. The highest BCUT2D eigenvalue weighted by Crippen LogP contribution is 2.34. The highest BCUT2D eigenvalue weighted by atomic mass is 31.2. The molecule has 0 radical (unpaired) electrons. The van der Waals surface area contributed by atoms with Crippen molar-refractivity contribution in [3.05, 3.63) is 175 Å². The van der Waals surface area contributed by atoms with E-state index in [9.17, 15) is 160 Å². The molecule has 13 N–H and O–H groups in total. The van der Waals surface area contributed by atoms with Crippen LogP contribution in [0.4, 0.5) is 195 Å². The molecule has 0 atom stereocenters. The third kappa shape index (κ3) is 40.0. The van der Waals surface area contributed by atoms with Gasteiger partial charge in [0.25, 0.3) is 0 Å². The van der Waals surface area contributed by atoms with E-state index in [1.54, 1.807) is 0 Å². The maximum Gasteiger partial charge on any atom is 0.319 e. The summed E-state index contributed by atoms with van der Waals surface area (Å²) in [4.78, 5) is 99.1. The SMILES string of the molecule is CCCC[N+](CCCC)(CCCC)CCCC.CCCC[N+](CCCC)(CCCC)CCCC.O=C(NCCN(CCNC(=O)Nc1c(F)c(F)c(F)c(F)c1F)CCNC(=O)Nc1c(F)c(F)c(F)c(F)c1F)Nc1c(F)c(F)c(F)c(F)c1F.O=C(NCCN(CCNC(=O)Nc1c(F)c(F)c(F)c(F)c1F)CCNC(=O)Nc1c(F)c(F)c(F)c(F)c1F)Nc1c(F)c(F)c(F)c(F)c1F.O=P([O-])([O-])O. The molecule has 0 heterocycles. The van der Waals surface area contributed by atoms with Crippen LogP contribution in [0.15, 0.2) is 0 Å². The van der Waals surface area contributed by atoms with Gasteiger partial charge in [-0.25, -0.2) is 160 Å². The molecule has 143 heavy (non-hydrogen) atoms. The van der Waals surface area contributed by atoms with Gasteiger partial charge in [-0.3, -0.25) is 9.80 Å². The van der Waals surface area contributed by atoms with Crippen molar-refractivity contribution in [2.24, 2.45) is 0 Å². The number of phosphoric acid groups is 1. The van der Waals surface area contributed by atoms with Crippen molar-refractivity contribution in [3.63, 3.8) is 0 Å². The second-order valence-corrected chi connectivity index (χ2v) is 32.3. The first kappa shape index (κ1) is 128. The highest BCUT2D eigenvalue weighted by molar-refractivity contribution is 7.42. The maximum absolute atomic E-state index is 13.9. The number of benzene rings is 6. The summed E-state index contributed by atoms with van der Waals surface area (Å²) in [7, 11) is -5.14. The monoisotopic (exact) mass is 2130 g/mol. The molecular weight excluding hydrogens is 2020 g/mol. The zero-order valence-corrected chi connectivity index (χ0v) is 79.0. The molecule has 0 aromatic heterocycles. The Morgan fingerprint density at radius 3 is 0.399 bits per heavy atom. The molecule has 6 aromatic rings. The predicted octanol–water partition coefficient (Wildman–Crippen LogP) is 19.5. The van der Waals surface area contributed by atoms with E-state index in [2.05, 4.69) is 55.4 Å². The Hall–Kier alpha value is -11.2. The Bertz CT molecular complexity index is 4280. The minimum Gasteiger partial charge on any atom is -0.790 e. The Kier molecular flexibility index (Phi) is 56.5. The molecule has 26 nitrogen and oxygen atoms in total. The summed E-state index contributed by atoms with van der Waals surface area (Å²) in [5.41, 5.74) is -10.3. The molecule has 6 aromatic carbocycles. The summed E-state index contributed by atoms with van der Waals surface area (Å²) in [6, 6.07) is -9.15. The summed E-state index contributed by atoms with van der Waals surface area (Å²) in [6.45, 7) is 24.3. The number of quaternary nitrogens is 2. The molecule has 12 amide bonds. The molecule has 0 bridgehead atoms. The zero-order chi connectivity index (χ0) is 109. The maximum atomic E-state index is 13.9. The zero-order valence-electron chi connectivity index (χ0n) is 78.2. The average Bonchev–Trinajstić information content (AvgIpc) is 0.817. The largest absolute Gasteiger partial charge is 0.790 e. The molecule has 0 unspecified atom stereocenters. The number of urea groups is 6. The van der Waals surface area contributed by atoms with Crippen LogP contribution in [0.2, 0.25) is 0 Å². The molecule has 0 saturated carbocycles. The Balaban J connectivity index is 0.000000705. The third-order valence-corrected chi connectivity index (χ3v) is 20.9. The van der Waals surface area contributed by atoms with Crippen molar-refractivity contribution in [2.45, 2.75) is 158 Å². The molecule has 808 valence electrons. The van der Waals surface area contributed by atoms with Gasteiger partial charge < -0.3 is 92.0 Å². The van der Waals surface area contributed by atoms with Gasteiger partial charge in [-0.05, 0) is 51.4 Å². The first-order chi connectivity index (χ1) is 67.1. The highest BCUT2D eigenvalue weighted by Gasteiger charge is 2.35. The summed E-state index contributed by atoms with van der Waals surface area (Å²) in [6.07, 6.45) is 22.1. The second-order valence-electron chi connectivity index (χ2n) is 31.4. The fourth-order valence-corrected chi connectivity index (χ4v) is 13.2. The number of hydrogen-bond donors (Lipinski definition) is 13. The number of nitrogens with one attached hydrogen (secondary N) is 12. The van der Waals surface area contributed by atoms with Crippen LogP contribution < -0.4 is 73.6 Å². The van der Waals surface area contributed by atoms with E-state index in [1.165, 1.54) is 196 Å². The minimum atomic E-state index is -5.14. The van der Waals surface area contributed by atoms with Crippen molar-refractivity contribution in [2.75, 3.05) is 163 Å². The van der Waals surface area contributed by atoms with E-state index in [0.29, 0.717) is 0 Å². The van der Waals surface area contributed by atoms with Crippen molar-refractivity contribution in [3.8, 4) is 0 Å². The summed E-state index contributed by atoms with van der Waals surface area (Å²) >= 11 is 0. The van der Waals surface area contributed by atoms with Crippen LogP contribution in [0.1, 0.15) is 158 Å². The molecule has 6 rings (SSSR count). The van der Waals surface area contributed by atoms with E-state index >= 15 is 0 Å². The molecule has 0 fully saturated rings. The summed E-state index contributed by atoms with van der Waals surface area (Å²) in [5, 5.41) is 20.1. The Labute approximate surface area is 801 Å². The van der Waals surface area contributed by atoms with E-state index in [-0.39, 0.29) is 0 Å². The Morgan fingerprint density at radius 1 is 0.217 bits per heavy atom. The number of halogens is 30. The number of carbonyl (C=O) groups is 6. The number of rotatable bonds is 48. The number of carbonyl (C=O) groups excluding carboxylic acids is 6. The number of amides is 12. The van der Waals surface area contributed by atoms with Gasteiger partial charge in [0.15, 0.2) is 140 Å². The van der Waals surface area contributed by atoms with Gasteiger partial charge in [0.2, 0.25) is 34.9 Å². The topological polar surface area (TPSA) is 337 Å². The third-order valence-electron chi connectivity index (χ3n) is 20.9. The van der Waals surface area contributed by atoms with Crippen molar-refractivity contribution in [1.29, 1.82) is 0 Å². The number of nitrogens with zero attached hydrogens (tertiary/aromatic N) is 4. The van der Waals surface area contributed by atoms with Gasteiger partial charge >= 0.3 is 36.2 Å². The molecule has 0 aliphatic carbocycles. The van der Waals surface area contributed by atoms with Crippen molar-refractivity contribution in [1.82, 2.24) is 41.7 Å². The van der Waals surface area contributed by atoms with Gasteiger partial charge in [0, 0.05) is 78.5 Å². The number of anilines is 6. The summed E-state index contributed by atoms with van der Waals surface area (Å²) in [5.74, 6) is -72.3. The van der Waals surface area contributed by atoms with Gasteiger partial charge in [-0.2, -0.15) is 0 Å². The van der Waals surface area contributed by atoms with Crippen LogP contribution in [0.5, 0.6) is 0 Å². The van der Waals surface area contributed by atoms with Crippen molar-refractivity contribution >= 4 is 78.1 Å². The van der Waals surface area contributed by atoms with Gasteiger partial charge in [-0.1, -0.05) is 107 Å². The van der Waals surface area contributed by atoms with Crippen LogP contribution in [0.25, 0.3) is 0 Å². The minimum absolute atomic E-state index is 0.396.